The van der Waals surface area contributed by atoms with E-state index in [2.05, 4.69) is 39.7 Å². The molecule has 3 heterocycles. The molecular weight excluding hydrogens is 316 g/mol. The number of piperazine rings is 2. The molecule has 1 amide bonds. The number of rotatable bonds is 4. The number of carbonyl (C=O) groups excluding carboxylic acids is 1. The molecule has 25 heavy (non-hydrogen) atoms. The number of anilines is 2. The second kappa shape index (κ2) is 7.99. The quantitative estimate of drug-likeness (QED) is 0.810. The third-order valence-corrected chi connectivity index (χ3v) is 5.04. The van der Waals surface area contributed by atoms with E-state index in [4.69, 9.17) is 4.98 Å². The lowest BCUT2D eigenvalue weighted by Gasteiger charge is -2.36. The Labute approximate surface area is 150 Å². The first-order valence-electron chi connectivity index (χ1n) is 9.38. The van der Waals surface area contributed by atoms with Crippen LogP contribution in [-0.4, -0.2) is 85.1 Å². The molecule has 1 aromatic rings. The van der Waals surface area contributed by atoms with Gasteiger partial charge >= 0.3 is 0 Å². The minimum atomic E-state index is 0.269. The van der Waals surface area contributed by atoms with Gasteiger partial charge in [0.2, 0.25) is 11.9 Å². The van der Waals surface area contributed by atoms with Crippen LogP contribution in [-0.2, 0) is 4.79 Å². The summed E-state index contributed by atoms with van der Waals surface area (Å²) in [5.41, 5.74) is 1.00. The van der Waals surface area contributed by atoms with Crippen molar-refractivity contribution in [3.8, 4) is 0 Å². The average molecular weight is 346 g/mol. The highest BCUT2D eigenvalue weighted by atomic mass is 16.2. The molecule has 0 bridgehead atoms. The molecule has 2 fully saturated rings. The highest BCUT2D eigenvalue weighted by Gasteiger charge is 2.23. The molecule has 0 N–H and O–H groups in total. The molecule has 0 radical (unpaired) electrons. The Morgan fingerprint density at radius 2 is 1.64 bits per heavy atom. The summed E-state index contributed by atoms with van der Waals surface area (Å²) in [5, 5.41) is 0. The zero-order chi connectivity index (χ0) is 17.8. The number of aromatic nitrogens is 2. The third-order valence-electron chi connectivity index (χ3n) is 5.04. The standard InChI is InChI=1S/C18H30N6O/c1-4-5-17(25)23-10-12-24(13-11-23)18-19-15(2)14-16(20-18)22-8-6-21(3)7-9-22/h14H,4-13H2,1-3H3. The topological polar surface area (TPSA) is 55.8 Å². The number of nitrogens with zero attached hydrogens (tertiary/aromatic N) is 6. The minimum absolute atomic E-state index is 0.269. The van der Waals surface area contributed by atoms with Crippen LogP contribution in [0.15, 0.2) is 6.07 Å². The van der Waals surface area contributed by atoms with Crippen molar-refractivity contribution < 1.29 is 4.79 Å². The fourth-order valence-corrected chi connectivity index (χ4v) is 3.40. The van der Waals surface area contributed by atoms with Gasteiger partial charge in [-0.25, -0.2) is 4.98 Å². The lowest BCUT2D eigenvalue weighted by atomic mass is 10.2. The van der Waals surface area contributed by atoms with Gasteiger partial charge in [-0.2, -0.15) is 4.98 Å². The Hall–Kier alpha value is -1.89. The lowest BCUT2D eigenvalue weighted by Crippen LogP contribution is -2.49. The van der Waals surface area contributed by atoms with Crippen LogP contribution in [0.4, 0.5) is 11.8 Å². The van der Waals surface area contributed by atoms with E-state index in [1.165, 1.54) is 0 Å². The van der Waals surface area contributed by atoms with Crippen LogP contribution in [0.5, 0.6) is 0 Å². The van der Waals surface area contributed by atoms with E-state index in [9.17, 15) is 4.79 Å². The fourth-order valence-electron chi connectivity index (χ4n) is 3.40. The Kier molecular flexibility index (Phi) is 5.73. The molecule has 0 unspecified atom stereocenters. The summed E-state index contributed by atoms with van der Waals surface area (Å²) in [4.78, 5) is 30.4. The number of aryl methyl sites for hydroxylation is 1. The Morgan fingerprint density at radius 3 is 2.28 bits per heavy atom. The largest absolute Gasteiger partial charge is 0.354 e. The van der Waals surface area contributed by atoms with Crippen molar-refractivity contribution >= 4 is 17.7 Å². The summed E-state index contributed by atoms with van der Waals surface area (Å²) in [5.74, 6) is 2.10. The van der Waals surface area contributed by atoms with E-state index in [0.29, 0.717) is 6.42 Å². The summed E-state index contributed by atoms with van der Waals surface area (Å²) >= 11 is 0. The van der Waals surface area contributed by atoms with E-state index >= 15 is 0 Å². The van der Waals surface area contributed by atoms with E-state index < -0.39 is 0 Å². The van der Waals surface area contributed by atoms with Crippen molar-refractivity contribution in [3.05, 3.63) is 11.8 Å². The van der Waals surface area contributed by atoms with E-state index in [-0.39, 0.29) is 5.91 Å². The summed E-state index contributed by atoms with van der Waals surface area (Å²) in [7, 11) is 2.16. The lowest BCUT2D eigenvalue weighted by molar-refractivity contribution is -0.131. The molecule has 0 aromatic carbocycles. The number of hydrogen-bond acceptors (Lipinski definition) is 6. The summed E-state index contributed by atoms with van der Waals surface area (Å²) < 4.78 is 0. The summed E-state index contributed by atoms with van der Waals surface area (Å²) in [6, 6.07) is 2.08. The fraction of sp³-hybridized carbons (Fsp3) is 0.722. The van der Waals surface area contributed by atoms with Crippen molar-refractivity contribution in [1.82, 2.24) is 19.8 Å². The molecule has 3 rings (SSSR count). The van der Waals surface area contributed by atoms with Crippen LogP contribution < -0.4 is 9.80 Å². The van der Waals surface area contributed by atoms with Gasteiger partial charge in [0.25, 0.3) is 0 Å². The van der Waals surface area contributed by atoms with Crippen LogP contribution in [0.25, 0.3) is 0 Å². The third kappa shape index (κ3) is 4.39. The molecule has 0 atom stereocenters. The van der Waals surface area contributed by atoms with Crippen LogP contribution in [0.3, 0.4) is 0 Å². The van der Waals surface area contributed by atoms with Crippen molar-refractivity contribution in [2.24, 2.45) is 0 Å². The molecule has 7 nitrogen and oxygen atoms in total. The van der Waals surface area contributed by atoms with Crippen molar-refractivity contribution in [1.29, 1.82) is 0 Å². The highest BCUT2D eigenvalue weighted by molar-refractivity contribution is 5.76. The number of hydrogen-bond donors (Lipinski definition) is 0. The molecule has 0 spiro atoms. The van der Waals surface area contributed by atoms with Gasteiger partial charge in [0.05, 0.1) is 0 Å². The van der Waals surface area contributed by atoms with Gasteiger partial charge in [-0.3, -0.25) is 4.79 Å². The minimum Gasteiger partial charge on any atom is -0.354 e. The van der Waals surface area contributed by atoms with Gasteiger partial charge in [-0.1, -0.05) is 6.92 Å². The first-order valence-corrected chi connectivity index (χ1v) is 9.38. The van der Waals surface area contributed by atoms with Crippen molar-refractivity contribution in [2.45, 2.75) is 26.7 Å². The SMILES string of the molecule is CCCC(=O)N1CCN(c2nc(C)cc(N3CCN(C)CC3)n2)CC1. The number of carbonyl (C=O) groups is 1. The van der Waals surface area contributed by atoms with E-state index in [1.807, 2.05) is 11.8 Å². The van der Waals surface area contributed by atoms with Gasteiger partial charge in [0, 0.05) is 70.5 Å². The van der Waals surface area contributed by atoms with Crippen LogP contribution in [0.1, 0.15) is 25.5 Å². The van der Waals surface area contributed by atoms with E-state index in [0.717, 1.165) is 76.2 Å². The average Bonchev–Trinajstić information content (AvgIpc) is 2.62. The first kappa shape index (κ1) is 17.9. The second-order valence-electron chi connectivity index (χ2n) is 7.08. The van der Waals surface area contributed by atoms with E-state index in [1.54, 1.807) is 0 Å². The second-order valence-corrected chi connectivity index (χ2v) is 7.08. The maximum Gasteiger partial charge on any atom is 0.227 e. The molecule has 2 aliphatic heterocycles. The maximum atomic E-state index is 12.0. The van der Waals surface area contributed by atoms with Crippen LogP contribution >= 0.6 is 0 Å². The molecule has 2 aliphatic rings. The molecule has 0 saturated carbocycles. The Balaban J connectivity index is 1.66. The number of amides is 1. The van der Waals surface area contributed by atoms with Gasteiger partial charge < -0.3 is 19.6 Å². The predicted molar refractivity (Wildman–Crippen MR) is 100 cm³/mol. The summed E-state index contributed by atoms with van der Waals surface area (Å²) in [6.45, 7) is 11.4. The van der Waals surface area contributed by atoms with Crippen molar-refractivity contribution in [2.75, 3.05) is 69.2 Å². The van der Waals surface area contributed by atoms with Gasteiger partial charge in [-0.05, 0) is 20.4 Å². The van der Waals surface area contributed by atoms with Crippen LogP contribution in [0.2, 0.25) is 0 Å². The molecule has 1 aromatic heterocycles. The Bertz CT molecular complexity index is 591. The Morgan fingerprint density at radius 1 is 1.00 bits per heavy atom. The molecule has 0 aliphatic carbocycles. The van der Waals surface area contributed by atoms with Crippen LogP contribution in [0, 0.1) is 6.92 Å². The van der Waals surface area contributed by atoms with Gasteiger partial charge in [0.1, 0.15) is 5.82 Å². The molecule has 138 valence electrons. The van der Waals surface area contributed by atoms with Crippen molar-refractivity contribution in [3.63, 3.8) is 0 Å². The summed E-state index contributed by atoms with van der Waals surface area (Å²) in [6.07, 6.45) is 1.56. The smallest absolute Gasteiger partial charge is 0.227 e. The zero-order valence-corrected chi connectivity index (χ0v) is 15.7. The highest BCUT2D eigenvalue weighted by Crippen LogP contribution is 2.20. The monoisotopic (exact) mass is 346 g/mol. The van der Waals surface area contributed by atoms with Gasteiger partial charge in [-0.15, -0.1) is 0 Å². The zero-order valence-electron chi connectivity index (χ0n) is 15.7. The maximum absolute atomic E-state index is 12.0. The van der Waals surface area contributed by atoms with Gasteiger partial charge in [0.15, 0.2) is 0 Å². The number of likely N-dealkylation sites (N-methyl/N-ethyl adjacent to an activating group) is 1. The first-order chi connectivity index (χ1) is 12.1. The predicted octanol–water partition coefficient (Wildman–Crippen LogP) is 0.986. The molecular formula is C18H30N6O. The molecule has 2 saturated heterocycles. The normalized spacial score (nSPS) is 19.4. The molecule has 7 heteroatoms.